The van der Waals surface area contributed by atoms with Crippen molar-refractivity contribution in [2.75, 3.05) is 11.5 Å². The maximum Gasteiger partial charge on any atom is 0.0603 e. The van der Waals surface area contributed by atoms with Crippen molar-refractivity contribution < 1.29 is 0 Å². The van der Waals surface area contributed by atoms with E-state index in [1.807, 2.05) is 18.2 Å². The molecule has 0 spiro atoms. The highest BCUT2D eigenvalue weighted by Crippen LogP contribution is 2.28. The molecule has 0 saturated carbocycles. The molecule has 1 unspecified atom stereocenters. The monoisotopic (exact) mass is 266 g/mol. The first-order valence-corrected chi connectivity index (χ1v) is 6.69. The summed E-state index contributed by atoms with van der Waals surface area (Å²) in [5.74, 6) is 2.58. The van der Waals surface area contributed by atoms with Crippen LogP contribution in [0.25, 0.3) is 0 Å². The van der Waals surface area contributed by atoms with E-state index in [4.69, 9.17) is 23.2 Å². The summed E-state index contributed by atoms with van der Waals surface area (Å²) >= 11 is 17.7. The van der Waals surface area contributed by atoms with Crippen LogP contribution in [0.1, 0.15) is 6.92 Å². The zero-order valence-corrected chi connectivity index (χ0v) is 11.1. The Bertz CT molecular complexity index is 302. The highest BCUT2D eigenvalue weighted by atomic mass is 35.5. The highest BCUT2D eigenvalue weighted by molar-refractivity contribution is 7.99. The minimum absolute atomic E-state index is 0.609. The lowest BCUT2D eigenvalue weighted by Crippen LogP contribution is -1.98. The van der Waals surface area contributed by atoms with Crippen LogP contribution in [0, 0.1) is 5.92 Å². The van der Waals surface area contributed by atoms with Crippen LogP contribution in [0.3, 0.4) is 0 Å². The normalized spacial score (nSPS) is 12.9. The molecule has 0 amide bonds. The fraction of sp³-hybridized carbons (Fsp3) is 0.400. The van der Waals surface area contributed by atoms with Crippen molar-refractivity contribution in [1.82, 2.24) is 0 Å². The Morgan fingerprint density at radius 3 is 2.64 bits per heavy atom. The molecule has 1 aromatic carbocycles. The Kier molecular flexibility index (Phi) is 5.53. The molecule has 4 heteroatoms. The van der Waals surface area contributed by atoms with Gasteiger partial charge >= 0.3 is 0 Å². The molecule has 0 aliphatic heterocycles. The molecule has 0 bridgehead atoms. The van der Waals surface area contributed by atoms with E-state index in [0.29, 0.717) is 16.0 Å². The first-order valence-electron chi connectivity index (χ1n) is 4.32. The number of thiol groups is 1. The van der Waals surface area contributed by atoms with Crippen molar-refractivity contribution in [2.24, 2.45) is 5.92 Å². The van der Waals surface area contributed by atoms with Gasteiger partial charge in [-0.3, -0.25) is 0 Å². The molecule has 0 aliphatic rings. The lowest BCUT2D eigenvalue weighted by molar-refractivity contribution is 0.767. The summed E-state index contributed by atoms with van der Waals surface area (Å²) in [7, 11) is 0. The SMILES string of the molecule is CC(CS)CSc1ccc(Cl)c(Cl)c1. The summed E-state index contributed by atoms with van der Waals surface area (Å²) in [4.78, 5) is 1.16. The summed E-state index contributed by atoms with van der Waals surface area (Å²) in [6.45, 7) is 2.18. The van der Waals surface area contributed by atoms with Crippen molar-refractivity contribution in [1.29, 1.82) is 0 Å². The first-order chi connectivity index (χ1) is 6.63. The average Bonchev–Trinajstić information content (AvgIpc) is 2.19. The molecule has 1 rings (SSSR count). The van der Waals surface area contributed by atoms with Gasteiger partial charge in [0.15, 0.2) is 0 Å². The minimum atomic E-state index is 0.609. The van der Waals surface area contributed by atoms with Crippen LogP contribution < -0.4 is 0 Å². The second-order valence-electron chi connectivity index (χ2n) is 3.17. The lowest BCUT2D eigenvalue weighted by atomic mass is 10.3. The first kappa shape index (κ1) is 12.6. The van der Waals surface area contributed by atoms with Gasteiger partial charge in [0.05, 0.1) is 10.0 Å². The molecule has 1 atom stereocenters. The van der Waals surface area contributed by atoms with Crippen molar-refractivity contribution in [3.05, 3.63) is 28.2 Å². The number of benzene rings is 1. The molecule has 14 heavy (non-hydrogen) atoms. The van der Waals surface area contributed by atoms with Crippen LogP contribution in [-0.4, -0.2) is 11.5 Å². The maximum absolute atomic E-state index is 5.90. The molecule has 0 N–H and O–H groups in total. The van der Waals surface area contributed by atoms with E-state index < -0.39 is 0 Å². The van der Waals surface area contributed by atoms with Crippen LogP contribution in [0.4, 0.5) is 0 Å². The number of rotatable bonds is 4. The predicted octanol–water partition coefficient (Wildman–Crippen LogP) is 4.65. The topological polar surface area (TPSA) is 0 Å². The van der Waals surface area contributed by atoms with Gasteiger partial charge in [-0.2, -0.15) is 12.6 Å². The van der Waals surface area contributed by atoms with Crippen molar-refractivity contribution in [3.8, 4) is 0 Å². The molecule has 78 valence electrons. The maximum atomic E-state index is 5.90. The van der Waals surface area contributed by atoms with Gasteiger partial charge in [0.2, 0.25) is 0 Å². The zero-order chi connectivity index (χ0) is 10.6. The quantitative estimate of drug-likeness (QED) is 0.612. The Morgan fingerprint density at radius 1 is 1.36 bits per heavy atom. The Morgan fingerprint density at radius 2 is 2.07 bits per heavy atom. The summed E-state index contributed by atoms with van der Waals surface area (Å²) < 4.78 is 0. The summed E-state index contributed by atoms with van der Waals surface area (Å²) in [5.41, 5.74) is 0. The van der Waals surface area contributed by atoms with E-state index in [0.717, 1.165) is 16.4 Å². The standard InChI is InChI=1S/C10H12Cl2S2/c1-7(5-13)6-14-8-2-3-9(11)10(12)4-8/h2-4,7,13H,5-6H2,1H3. The van der Waals surface area contributed by atoms with Gasteiger partial charge < -0.3 is 0 Å². The van der Waals surface area contributed by atoms with Crippen molar-refractivity contribution in [3.63, 3.8) is 0 Å². The third-order valence-electron chi connectivity index (χ3n) is 1.74. The van der Waals surface area contributed by atoms with E-state index in [1.165, 1.54) is 0 Å². The number of hydrogen-bond acceptors (Lipinski definition) is 2. The van der Waals surface area contributed by atoms with E-state index in [1.54, 1.807) is 11.8 Å². The Labute approximate surface area is 105 Å². The van der Waals surface area contributed by atoms with Crippen molar-refractivity contribution >= 4 is 47.6 Å². The number of hydrogen-bond donors (Lipinski definition) is 1. The molecular weight excluding hydrogens is 255 g/mol. The van der Waals surface area contributed by atoms with Crippen LogP contribution >= 0.6 is 47.6 Å². The van der Waals surface area contributed by atoms with Gasteiger partial charge in [-0.25, -0.2) is 0 Å². The van der Waals surface area contributed by atoms with E-state index in [-0.39, 0.29) is 0 Å². The predicted molar refractivity (Wildman–Crippen MR) is 70.2 cm³/mol. The third kappa shape index (κ3) is 3.93. The molecule has 1 aromatic rings. The van der Waals surface area contributed by atoms with Gasteiger partial charge in [0.1, 0.15) is 0 Å². The smallest absolute Gasteiger partial charge is 0.0603 e. The zero-order valence-electron chi connectivity index (χ0n) is 7.84. The van der Waals surface area contributed by atoms with Crippen LogP contribution in [0.2, 0.25) is 10.0 Å². The van der Waals surface area contributed by atoms with Gasteiger partial charge in [-0.05, 0) is 29.9 Å². The summed E-state index contributed by atoms with van der Waals surface area (Å²) in [6.07, 6.45) is 0. The van der Waals surface area contributed by atoms with Crippen LogP contribution in [-0.2, 0) is 0 Å². The average molecular weight is 267 g/mol. The largest absolute Gasteiger partial charge is 0.179 e. The lowest BCUT2D eigenvalue weighted by Gasteiger charge is -2.07. The molecule has 0 saturated heterocycles. The van der Waals surface area contributed by atoms with Gasteiger partial charge in [0.25, 0.3) is 0 Å². The molecule has 0 aliphatic carbocycles. The van der Waals surface area contributed by atoms with Gasteiger partial charge in [-0.1, -0.05) is 30.1 Å². The number of halogens is 2. The molecule has 0 aromatic heterocycles. The van der Waals surface area contributed by atoms with E-state index >= 15 is 0 Å². The van der Waals surface area contributed by atoms with Gasteiger partial charge in [0, 0.05) is 10.6 Å². The molecule has 0 heterocycles. The summed E-state index contributed by atoms with van der Waals surface area (Å²) in [5, 5.41) is 1.23. The Balaban J connectivity index is 2.55. The van der Waals surface area contributed by atoms with Crippen LogP contribution in [0.5, 0.6) is 0 Å². The second-order valence-corrected chi connectivity index (χ2v) is 5.45. The second kappa shape index (κ2) is 6.16. The molecule has 0 radical (unpaired) electrons. The summed E-state index contributed by atoms with van der Waals surface area (Å²) in [6, 6.07) is 5.72. The van der Waals surface area contributed by atoms with Gasteiger partial charge in [-0.15, -0.1) is 11.8 Å². The van der Waals surface area contributed by atoms with E-state index in [9.17, 15) is 0 Å². The molecule has 0 fully saturated rings. The minimum Gasteiger partial charge on any atom is -0.179 e. The Hall–Kier alpha value is 0.500. The highest BCUT2D eigenvalue weighted by Gasteiger charge is 2.03. The fourth-order valence-corrected chi connectivity index (χ4v) is 2.48. The third-order valence-corrected chi connectivity index (χ3v) is 4.42. The van der Waals surface area contributed by atoms with Crippen molar-refractivity contribution in [2.45, 2.75) is 11.8 Å². The molecular formula is C10H12Cl2S2. The number of thioether (sulfide) groups is 1. The van der Waals surface area contributed by atoms with Crippen LogP contribution in [0.15, 0.2) is 23.1 Å². The van der Waals surface area contributed by atoms with E-state index in [2.05, 4.69) is 19.6 Å². The molecule has 0 nitrogen and oxygen atoms in total. The fourth-order valence-electron chi connectivity index (χ4n) is 0.858.